The molecule has 5 rings (SSSR count). The second-order valence-electron chi connectivity index (χ2n) is 14.5. The van der Waals surface area contributed by atoms with Crippen molar-refractivity contribution in [1.29, 1.82) is 0 Å². The molecule has 4 N–H and O–H groups in total. The van der Waals surface area contributed by atoms with Gasteiger partial charge in [0, 0.05) is 6.07 Å². The molecule has 0 spiro atoms. The van der Waals surface area contributed by atoms with Crippen LogP contribution in [0.4, 0.5) is 28.4 Å². The van der Waals surface area contributed by atoms with Gasteiger partial charge in [-0.05, 0) is 117 Å². The van der Waals surface area contributed by atoms with E-state index >= 15 is 0 Å². The zero-order valence-corrected chi connectivity index (χ0v) is 37.0. The first kappa shape index (κ1) is 46.9. The maximum atomic E-state index is 14.2. The van der Waals surface area contributed by atoms with Gasteiger partial charge < -0.3 is 49.7 Å². The molecule has 0 unspecified atom stereocenters. The quantitative estimate of drug-likeness (QED) is 0.0444. The Morgan fingerprint density at radius 1 is 0.406 bits per heavy atom. The molecule has 0 atom stereocenters. The van der Waals surface area contributed by atoms with Crippen LogP contribution in [0.2, 0.25) is 0 Å². The smallest absolute Gasteiger partial charge is 0.341 e. The number of carbonyl (C=O) groups is 5. The highest BCUT2D eigenvalue weighted by Gasteiger charge is 2.28. The van der Waals surface area contributed by atoms with E-state index in [1.807, 2.05) is 0 Å². The average molecular weight is 878 g/mol. The number of anilines is 4. The van der Waals surface area contributed by atoms with Gasteiger partial charge in [-0.3, -0.25) is 29.3 Å². The van der Waals surface area contributed by atoms with Crippen molar-refractivity contribution in [3.05, 3.63) is 126 Å². The SMILES string of the molecule is COC(=O)c1cc(C)cc(NC(=O)c2cc(C)cc(NC(=O)c3cc(C)cc(NC(=O)c4cc(C)cc(NC(=O)c5cc(C)cc([N+](=O)[O-])c5OC)c4OC)c3OC)c2OC)c1OC. The van der Waals surface area contributed by atoms with E-state index in [0.29, 0.717) is 27.8 Å². The van der Waals surface area contributed by atoms with Crippen LogP contribution in [0.15, 0.2) is 60.7 Å². The molecule has 0 aliphatic carbocycles. The van der Waals surface area contributed by atoms with Crippen LogP contribution < -0.4 is 45.0 Å². The van der Waals surface area contributed by atoms with Crippen molar-refractivity contribution in [2.45, 2.75) is 34.6 Å². The van der Waals surface area contributed by atoms with E-state index in [1.165, 1.54) is 60.9 Å². The molecule has 64 heavy (non-hydrogen) atoms. The number of aryl methyl sites for hydroxylation is 5. The fraction of sp³-hybridized carbons (Fsp3) is 0.239. The van der Waals surface area contributed by atoms with Gasteiger partial charge >= 0.3 is 11.7 Å². The first-order chi connectivity index (χ1) is 30.4. The fourth-order valence-corrected chi connectivity index (χ4v) is 7.14. The molecule has 0 aliphatic rings. The molecule has 0 saturated carbocycles. The Hall–Kier alpha value is -8.15. The van der Waals surface area contributed by atoms with E-state index in [2.05, 4.69) is 21.3 Å². The molecule has 0 aromatic heterocycles. The summed E-state index contributed by atoms with van der Waals surface area (Å²) in [5.41, 5.74) is 2.95. The number of nitro benzene ring substituents is 1. The normalized spacial score (nSPS) is 10.5. The third kappa shape index (κ3) is 9.81. The number of rotatable bonds is 15. The van der Waals surface area contributed by atoms with Gasteiger partial charge in [0.2, 0.25) is 5.75 Å². The minimum absolute atomic E-state index is 0.00495. The molecule has 0 radical (unpaired) electrons. The second kappa shape index (κ2) is 19.7. The molecule has 0 saturated heterocycles. The second-order valence-corrected chi connectivity index (χ2v) is 14.5. The zero-order valence-electron chi connectivity index (χ0n) is 37.0. The van der Waals surface area contributed by atoms with Gasteiger partial charge in [-0.25, -0.2) is 4.79 Å². The summed E-state index contributed by atoms with van der Waals surface area (Å²) in [7, 11) is 7.76. The van der Waals surface area contributed by atoms with Gasteiger partial charge in [0.1, 0.15) is 5.56 Å². The lowest BCUT2D eigenvalue weighted by atomic mass is 10.0. The van der Waals surface area contributed by atoms with Crippen LogP contribution in [-0.4, -0.2) is 77.2 Å². The minimum atomic E-state index is -0.756. The van der Waals surface area contributed by atoms with E-state index in [0.717, 1.165) is 0 Å². The average Bonchev–Trinajstić information content (AvgIpc) is 3.24. The van der Waals surface area contributed by atoms with E-state index in [-0.39, 0.29) is 79.3 Å². The topological polar surface area (TPSA) is 232 Å². The number of carbonyl (C=O) groups excluding carboxylic acids is 5. The van der Waals surface area contributed by atoms with E-state index in [9.17, 15) is 34.1 Å². The predicted molar refractivity (Wildman–Crippen MR) is 238 cm³/mol. The molecule has 334 valence electrons. The number of methoxy groups -OCH3 is 6. The maximum absolute atomic E-state index is 14.2. The van der Waals surface area contributed by atoms with Crippen LogP contribution in [0.1, 0.15) is 79.6 Å². The summed E-state index contributed by atoms with van der Waals surface area (Å²) < 4.78 is 32.6. The number of amides is 4. The minimum Gasteiger partial charge on any atom is -0.494 e. The van der Waals surface area contributed by atoms with Crippen molar-refractivity contribution in [1.82, 2.24) is 0 Å². The summed E-state index contributed by atoms with van der Waals surface area (Å²) in [6, 6.07) is 15.3. The molecular weight excluding hydrogens is 831 g/mol. The molecule has 0 bridgehead atoms. The molecule has 5 aromatic rings. The summed E-state index contributed by atoms with van der Waals surface area (Å²) in [5, 5.41) is 22.8. The number of esters is 1. The van der Waals surface area contributed by atoms with Crippen LogP contribution in [0.25, 0.3) is 0 Å². The first-order valence-corrected chi connectivity index (χ1v) is 19.3. The Labute approximate surface area is 368 Å². The lowest BCUT2D eigenvalue weighted by Gasteiger charge is -2.20. The van der Waals surface area contributed by atoms with Crippen LogP contribution in [0.5, 0.6) is 28.7 Å². The molecule has 5 aromatic carbocycles. The fourth-order valence-electron chi connectivity index (χ4n) is 7.14. The number of nitrogens with one attached hydrogen (secondary N) is 4. The molecule has 0 aliphatic heterocycles. The number of nitrogens with zero attached hydrogens (tertiary/aromatic N) is 1. The van der Waals surface area contributed by atoms with Gasteiger partial charge in [0.25, 0.3) is 23.6 Å². The highest BCUT2D eigenvalue weighted by molar-refractivity contribution is 6.15. The summed E-state index contributed by atoms with van der Waals surface area (Å²) in [6.45, 7) is 8.45. The Morgan fingerprint density at radius 3 is 0.922 bits per heavy atom. The summed E-state index contributed by atoms with van der Waals surface area (Å²) in [5.74, 6) is -3.61. The summed E-state index contributed by atoms with van der Waals surface area (Å²) in [4.78, 5) is 79.3. The van der Waals surface area contributed by atoms with E-state index in [4.69, 9.17) is 28.4 Å². The molecule has 0 heterocycles. The van der Waals surface area contributed by atoms with Crippen LogP contribution in [-0.2, 0) is 4.74 Å². The van der Waals surface area contributed by atoms with Crippen molar-refractivity contribution in [3.8, 4) is 28.7 Å². The summed E-state index contributed by atoms with van der Waals surface area (Å²) >= 11 is 0. The summed E-state index contributed by atoms with van der Waals surface area (Å²) in [6.07, 6.45) is 0. The lowest BCUT2D eigenvalue weighted by Crippen LogP contribution is -2.20. The Morgan fingerprint density at radius 2 is 0.656 bits per heavy atom. The van der Waals surface area contributed by atoms with E-state index < -0.39 is 40.2 Å². The molecule has 18 heteroatoms. The van der Waals surface area contributed by atoms with Gasteiger partial charge in [-0.1, -0.05) is 0 Å². The van der Waals surface area contributed by atoms with Gasteiger partial charge in [-0.15, -0.1) is 0 Å². The van der Waals surface area contributed by atoms with Gasteiger partial charge in [0.05, 0.1) is 92.6 Å². The molecular formula is C46H47N5O13. The third-order valence-electron chi connectivity index (χ3n) is 9.74. The number of nitro groups is 1. The maximum Gasteiger partial charge on any atom is 0.341 e. The van der Waals surface area contributed by atoms with Crippen molar-refractivity contribution >= 4 is 58.0 Å². The van der Waals surface area contributed by atoms with Gasteiger partial charge in [-0.2, -0.15) is 0 Å². The zero-order chi connectivity index (χ0) is 47.2. The van der Waals surface area contributed by atoms with E-state index in [1.54, 1.807) is 77.1 Å². The highest BCUT2D eigenvalue weighted by Crippen LogP contribution is 2.39. The largest absolute Gasteiger partial charge is 0.494 e. The molecule has 0 fully saturated rings. The number of hydrogen-bond donors (Lipinski definition) is 4. The van der Waals surface area contributed by atoms with Crippen molar-refractivity contribution in [2.75, 3.05) is 63.9 Å². The monoisotopic (exact) mass is 877 g/mol. The standard InChI is InChI=1S/C46H47N5O13/c1-22-12-27(42(52)48-33-18-23(2)14-29(38(33)60-7)44(54)50-35-20-25(4)16-31(40(35)62-9)46(56)64-11)37(59-6)32(17-22)47-43(53)28-13-24(3)19-34(39(28)61-8)49-45(55)30-15-26(5)21-36(51(57)58)41(30)63-10/h12-21H,1-11H3,(H,47,53)(H,48,52)(H,49,55)(H,50,54). The van der Waals surface area contributed by atoms with Crippen molar-refractivity contribution in [3.63, 3.8) is 0 Å². The van der Waals surface area contributed by atoms with Crippen LogP contribution in [0, 0.1) is 44.7 Å². The van der Waals surface area contributed by atoms with Crippen molar-refractivity contribution in [2.24, 2.45) is 0 Å². The number of ether oxygens (including phenoxy) is 6. The lowest BCUT2D eigenvalue weighted by molar-refractivity contribution is -0.385. The van der Waals surface area contributed by atoms with Crippen LogP contribution >= 0.6 is 0 Å². The Kier molecular flexibility index (Phi) is 14.4. The molecule has 18 nitrogen and oxygen atoms in total. The van der Waals surface area contributed by atoms with Gasteiger partial charge in [0.15, 0.2) is 23.0 Å². The van der Waals surface area contributed by atoms with Crippen LogP contribution in [0.3, 0.4) is 0 Å². The predicted octanol–water partition coefficient (Wildman–Crippen LogP) is 7.98. The Balaban J connectivity index is 1.47. The number of benzene rings is 5. The molecule has 4 amide bonds. The third-order valence-corrected chi connectivity index (χ3v) is 9.74. The first-order valence-electron chi connectivity index (χ1n) is 19.3. The number of hydrogen-bond acceptors (Lipinski definition) is 13. The Bertz CT molecular complexity index is 2730. The van der Waals surface area contributed by atoms with Crippen molar-refractivity contribution < 1.29 is 57.3 Å². The highest BCUT2D eigenvalue weighted by atomic mass is 16.6.